The van der Waals surface area contributed by atoms with Crippen LogP contribution in [-0.4, -0.2) is 16.0 Å². The topological polar surface area (TPSA) is 123 Å². The smallest absolute Gasteiger partial charge is 0.256 e. The Labute approximate surface area is 189 Å². The standard InChI is InChI=1S/C22H25BrN6O2/c1-13-5-6-14(21(30)27-20-9-19(31-28-20)22(2,3)4)8-18(13)29(25)12-17(24)15-7-16(23)11-26-10-15/h5-12H,24-25H2,1-4H3,(H,27,28,30)/b17-12-. The molecule has 3 rings (SSSR count). The number of hydrogen-bond donors (Lipinski definition) is 3. The molecule has 2 aromatic heterocycles. The van der Waals surface area contributed by atoms with Gasteiger partial charge < -0.3 is 15.6 Å². The summed E-state index contributed by atoms with van der Waals surface area (Å²) in [6, 6.07) is 8.79. The van der Waals surface area contributed by atoms with Gasteiger partial charge in [0.15, 0.2) is 5.82 Å². The predicted octanol–water partition coefficient (Wildman–Crippen LogP) is 4.33. The third kappa shape index (κ3) is 5.50. The van der Waals surface area contributed by atoms with Gasteiger partial charge in [-0.15, -0.1) is 0 Å². The zero-order valence-electron chi connectivity index (χ0n) is 17.8. The number of nitrogens with one attached hydrogen (secondary N) is 1. The highest BCUT2D eigenvalue weighted by Gasteiger charge is 2.21. The summed E-state index contributed by atoms with van der Waals surface area (Å²) in [6.07, 6.45) is 4.90. The van der Waals surface area contributed by atoms with E-state index in [0.717, 1.165) is 15.6 Å². The Morgan fingerprint density at radius 1 is 1.19 bits per heavy atom. The van der Waals surface area contributed by atoms with Crippen LogP contribution in [0.15, 0.2) is 57.9 Å². The second kappa shape index (κ2) is 8.91. The number of benzene rings is 1. The second-order valence-corrected chi connectivity index (χ2v) is 9.08. The van der Waals surface area contributed by atoms with Gasteiger partial charge in [0.1, 0.15) is 5.76 Å². The van der Waals surface area contributed by atoms with Crippen LogP contribution >= 0.6 is 15.9 Å². The first-order valence-electron chi connectivity index (χ1n) is 9.56. The summed E-state index contributed by atoms with van der Waals surface area (Å²) in [7, 11) is 0. The first-order valence-corrected chi connectivity index (χ1v) is 10.4. The van der Waals surface area contributed by atoms with Crippen molar-refractivity contribution in [2.75, 3.05) is 10.3 Å². The summed E-state index contributed by atoms with van der Waals surface area (Å²) in [4.78, 5) is 16.8. The van der Waals surface area contributed by atoms with Crippen molar-refractivity contribution in [1.82, 2.24) is 10.1 Å². The average Bonchev–Trinajstić information content (AvgIpc) is 3.17. The van der Waals surface area contributed by atoms with Gasteiger partial charge in [0.2, 0.25) is 0 Å². The van der Waals surface area contributed by atoms with Crippen molar-refractivity contribution in [2.45, 2.75) is 33.1 Å². The molecule has 1 amide bonds. The lowest BCUT2D eigenvalue weighted by molar-refractivity contribution is 0.102. The molecule has 0 unspecified atom stereocenters. The lowest BCUT2D eigenvalue weighted by Gasteiger charge is -2.18. The van der Waals surface area contributed by atoms with E-state index in [-0.39, 0.29) is 11.3 Å². The van der Waals surface area contributed by atoms with Crippen LogP contribution in [0.2, 0.25) is 0 Å². The molecule has 31 heavy (non-hydrogen) atoms. The van der Waals surface area contributed by atoms with E-state index >= 15 is 0 Å². The van der Waals surface area contributed by atoms with Gasteiger partial charge in [0.25, 0.3) is 5.91 Å². The number of pyridine rings is 1. The molecule has 0 bridgehead atoms. The lowest BCUT2D eigenvalue weighted by Crippen LogP contribution is -2.27. The number of amides is 1. The van der Waals surface area contributed by atoms with E-state index in [1.54, 1.807) is 36.8 Å². The summed E-state index contributed by atoms with van der Waals surface area (Å²) in [5, 5.41) is 8.06. The molecule has 3 aromatic rings. The summed E-state index contributed by atoms with van der Waals surface area (Å²) in [6.45, 7) is 7.91. The minimum atomic E-state index is -0.323. The SMILES string of the molecule is Cc1ccc(C(=O)Nc2cc(C(C)(C)C)on2)cc1N(N)/C=C(\N)c1cncc(Br)c1. The van der Waals surface area contributed by atoms with Crippen molar-refractivity contribution in [2.24, 2.45) is 11.6 Å². The Bertz CT molecular complexity index is 1130. The minimum Gasteiger partial charge on any atom is -0.397 e. The summed E-state index contributed by atoms with van der Waals surface area (Å²) in [5.74, 6) is 6.95. The zero-order valence-corrected chi connectivity index (χ0v) is 19.4. The fourth-order valence-electron chi connectivity index (χ4n) is 2.77. The van der Waals surface area contributed by atoms with Crippen LogP contribution in [0.5, 0.6) is 0 Å². The van der Waals surface area contributed by atoms with Crippen LogP contribution in [0.1, 0.15) is 48.0 Å². The number of aryl methyl sites for hydroxylation is 1. The Hall–Kier alpha value is -3.17. The molecule has 8 nitrogen and oxygen atoms in total. The predicted molar refractivity (Wildman–Crippen MR) is 125 cm³/mol. The Kier molecular flexibility index (Phi) is 6.47. The van der Waals surface area contributed by atoms with Crippen LogP contribution in [0.3, 0.4) is 0 Å². The van der Waals surface area contributed by atoms with Gasteiger partial charge in [-0.25, -0.2) is 5.84 Å². The second-order valence-electron chi connectivity index (χ2n) is 8.17. The Morgan fingerprint density at radius 3 is 2.58 bits per heavy atom. The molecule has 1 aromatic carbocycles. The molecule has 5 N–H and O–H groups in total. The number of hydrogen-bond acceptors (Lipinski definition) is 7. The number of rotatable bonds is 5. The van der Waals surface area contributed by atoms with Gasteiger partial charge in [-0.3, -0.25) is 14.8 Å². The summed E-state index contributed by atoms with van der Waals surface area (Å²) < 4.78 is 6.13. The first kappa shape index (κ1) is 22.5. The van der Waals surface area contributed by atoms with E-state index in [0.29, 0.717) is 28.5 Å². The van der Waals surface area contributed by atoms with Crippen LogP contribution < -0.4 is 21.9 Å². The highest BCUT2D eigenvalue weighted by molar-refractivity contribution is 9.10. The van der Waals surface area contributed by atoms with E-state index in [1.165, 1.54) is 5.01 Å². The van der Waals surface area contributed by atoms with Crippen molar-refractivity contribution in [1.29, 1.82) is 0 Å². The van der Waals surface area contributed by atoms with Gasteiger partial charge in [-0.1, -0.05) is 32.0 Å². The molecule has 2 heterocycles. The normalized spacial score (nSPS) is 12.0. The highest BCUT2D eigenvalue weighted by atomic mass is 79.9. The summed E-state index contributed by atoms with van der Waals surface area (Å²) >= 11 is 3.37. The molecular weight excluding hydrogens is 460 g/mol. The zero-order chi connectivity index (χ0) is 22.8. The van der Waals surface area contributed by atoms with Crippen LogP contribution in [0, 0.1) is 6.92 Å². The number of nitrogens with zero attached hydrogens (tertiary/aromatic N) is 3. The Morgan fingerprint density at radius 2 is 1.94 bits per heavy atom. The molecule has 0 saturated carbocycles. The van der Waals surface area contributed by atoms with Gasteiger partial charge in [-0.05, 0) is 46.6 Å². The quantitative estimate of drug-likeness (QED) is 0.363. The number of halogens is 1. The van der Waals surface area contributed by atoms with Gasteiger partial charge in [0.05, 0.1) is 11.4 Å². The lowest BCUT2D eigenvalue weighted by atomic mass is 9.93. The molecule has 162 valence electrons. The minimum absolute atomic E-state index is 0.205. The van der Waals surface area contributed by atoms with E-state index in [1.807, 2.05) is 39.8 Å². The van der Waals surface area contributed by atoms with Crippen molar-refractivity contribution in [3.05, 3.63) is 75.8 Å². The fourth-order valence-corrected chi connectivity index (χ4v) is 3.13. The van der Waals surface area contributed by atoms with Gasteiger partial charge in [0, 0.05) is 45.7 Å². The number of carbonyl (C=O) groups excluding carboxylic acids is 1. The highest BCUT2D eigenvalue weighted by Crippen LogP contribution is 2.26. The van der Waals surface area contributed by atoms with E-state index in [9.17, 15) is 4.79 Å². The summed E-state index contributed by atoms with van der Waals surface area (Å²) in [5.41, 5.74) is 9.06. The van der Waals surface area contributed by atoms with Crippen LogP contribution in [-0.2, 0) is 5.41 Å². The first-order chi connectivity index (χ1) is 14.5. The third-order valence-electron chi connectivity index (χ3n) is 4.56. The maximum Gasteiger partial charge on any atom is 0.256 e. The van der Waals surface area contributed by atoms with Crippen molar-refractivity contribution < 1.29 is 9.32 Å². The molecule has 0 fully saturated rings. The molecule has 0 saturated heterocycles. The molecule has 0 aliphatic heterocycles. The fraction of sp³-hybridized carbons (Fsp3) is 0.227. The van der Waals surface area contributed by atoms with Crippen molar-refractivity contribution in [3.8, 4) is 0 Å². The van der Waals surface area contributed by atoms with E-state index < -0.39 is 0 Å². The monoisotopic (exact) mass is 484 g/mol. The largest absolute Gasteiger partial charge is 0.397 e. The molecule has 0 atom stereocenters. The third-order valence-corrected chi connectivity index (χ3v) is 4.99. The Balaban J connectivity index is 1.81. The number of aromatic nitrogens is 2. The number of carbonyl (C=O) groups is 1. The maximum atomic E-state index is 12.7. The number of hydrazine groups is 1. The van der Waals surface area contributed by atoms with Crippen molar-refractivity contribution >= 4 is 39.0 Å². The number of anilines is 2. The molecular formula is C22H25BrN6O2. The molecule has 9 heteroatoms. The van der Waals surface area contributed by atoms with Crippen molar-refractivity contribution in [3.63, 3.8) is 0 Å². The molecule has 0 aliphatic rings. The van der Waals surface area contributed by atoms with E-state index in [2.05, 4.69) is 31.4 Å². The van der Waals surface area contributed by atoms with Crippen LogP contribution in [0.4, 0.5) is 11.5 Å². The average molecular weight is 485 g/mol. The van der Waals surface area contributed by atoms with Crippen LogP contribution in [0.25, 0.3) is 5.70 Å². The van der Waals surface area contributed by atoms with Gasteiger partial charge in [-0.2, -0.15) is 0 Å². The molecule has 0 spiro atoms. The molecule has 0 aliphatic carbocycles. The van der Waals surface area contributed by atoms with E-state index in [4.69, 9.17) is 16.1 Å². The molecule has 0 radical (unpaired) electrons. The maximum absolute atomic E-state index is 12.7. The van der Waals surface area contributed by atoms with Gasteiger partial charge >= 0.3 is 0 Å². The number of nitrogens with two attached hydrogens (primary N) is 2.